The Morgan fingerprint density at radius 2 is 2.06 bits per heavy atom. The van der Waals surface area contributed by atoms with Crippen LogP contribution in [-0.4, -0.2) is 34.6 Å². The first kappa shape index (κ1) is 12.9. The number of ether oxygens (including phenoxy) is 1. The third-order valence-electron chi connectivity index (χ3n) is 2.12. The van der Waals surface area contributed by atoms with Gasteiger partial charge in [-0.15, -0.1) is 0 Å². The van der Waals surface area contributed by atoms with Crippen LogP contribution in [0.2, 0.25) is 0 Å². The topological polar surface area (TPSA) is 69.9 Å². The van der Waals surface area contributed by atoms with E-state index in [9.17, 15) is 4.39 Å². The van der Waals surface area contributed by atoms with Crippen LogP contribution in [0.4, 0.5) is 4.39 Å². The van der Waals surface area contributed by atoms with Gasteiger partial charge in [-0.05, 0) is 6.07 Å². The van der Waals surface area contributed by atoms with Gasteiger partial charge in [0.15, 0.2) is 0 Å². The van der Waals surface area contributed by atoms with Gasteiger partial charge in [-0.1, -0.05) is 6.07 Å². The number of benzene rings is 1. The largest absolute Gasteiger partial charge is 0.493 e. The van der Waals surface area contributed by atoms with Crippen molar-refractivity contribution in [2.75, 3.05) is 13.2 Å². The lowest BCUT2D eigenvalue weighted by Crippen LogP contribution is -2.16. The number of aliphatic hydroxyl groups is 3. The van der Waals surface area contributed by atoms with Crippen LogP contribution in [0.3, 0.4) is 0 Å². The van der Waals surface area contributed by atoms with Gasteiger partial charge < -0.3 is 20.1 Å². The first-order valence-corrected chi connectivity index (χ1v) is 4.98. The van der Waals surface area contributed by atoms with Crippen molar-refractivity contribution < 1.29 is 24.4 Å². The zero-order chi connectivity index (χ0) is 12.0. The Hall–Kier alpha value is -1.17. The highest BCUT2D eigenvalue weighted by molar-refractivity contribution is 5.33. The van der Waals surface area contributed by atoms with Gasteiger partial charge in [-0.25, -0.2) is 4.39 Å². The van der Waals surface area contributed by atoms with Crippen molar-refractivity contribution >= 4 is 0 Å². The molecule has 5 heteroatoms. The molecule has 0 heterocycles. The molecular formula is C11H15FO4. The molecule has 0 aliphatic carbocycles. The summed E-state index contributed by atoms with van der Waals surface area (Å²) in [5.74, 6) is -0.192. The Labute approximate surface area is 92.9 Å². The molecule has 0 saturated carbocycles. The molecule has 0 unspecified atom stereocenters. The van der Waals surface area contributed by atoms with Crippen molar-refractivity contribution in [3.8, 4) is 5.75 Å². The van der Waals surface area contributed by atoms with Gasteiger partial charge in [0.25, 0.3) is 0 Å². The molecule has 1 rings (SSSR count). The highest BCUT2D eigenvalue weighted by atomic mass is 19.1. The van der Waals surface area contributed by atoms with Gasteiger partial charge in [0.1, 0.15) is 11.6 Å². The number of aliphatic hydroxyl groups excluding tert-OH is 3. The Morgan fingerprint density at radius 3 is 2.69 bits per heavy atom. The minimum atomic E-state index is -0.842. The van der Waals surface area contributed by atoms with Crippen molar-refractivity contribution in [1.82, 2.24) is 0 Å². The number of halogens is 1. The average molecular weight is 230 g/mol. The Bertz CT molecular complexity index is 330. The second-order valence-corrected chi connectivity index (χ2v) is 3.38. The Morgan fingerprint density at radius 1 is 1.31 bits per heavy atom. The van der Waals surface area contributed by atoms with Crippen LogP contribution in [0.25, 0.3) is 0 Å². The summed E-state index contributed by atoms with van der Waals surface area (Å²) in [5, 5.41) is 26.6. The quantitative estimate of drug-likeness (QED) is 0.663. The van der Waals surface area contributed by atoms with Crippen molar-refractivity contribution in [3.05, 3.63) is 29.6 Å². The summed E-state index contributed by atoms with van der Waals surface area (Å²) >= 11 is 0. The summed E-state index contributed by atoms with van der Waals surface area (Å²) in [7, 11) is 0. The molecule has 0 spiro atoms. The number of rotatable bonds is 6. The zero-order valence-electron chi connectivity index (χ0n) is 8.77. The smallest absolute Gasteiger partial charge is 0.127 e. The highest BCUT2D eigenvalue weighted by Crippen LogP contribution is 2.20. The van der Waals surface area contributed by atoms with E-state index in [1.807, 2.05) is 0 Å². The van der Waals surface area contributed by atoms with E-state index in [0.29, 0.717) is 5.56 Å². The van der Waals surface area contributed by atoms with Crippen molar-refractivity contribution in [3.63, 3.8) is 0 Å². The van der Waals surface area contributed by atoms with Crippen LogP contribution in [0.1, 0.15) is 12.0 Å². The molecule has 0 aliphatic heterocycles. The van der Waals surface area contributed by atoms with E-state index in [0.717, 1.165) is 0 Å². The van der Waals surface area contributed by atoms with Gasteiger partial charge in [-0.2, -0.15) is 0 Å². The predicted octanol–water partition coefficient (Wildman–Crippen LogP) is 0.440. The van der Waals surface area contributed by atoms with Gasteiger partial charge >= 0.3 is 0 Å². The van der Waals surface area contributed by atoms with Crippen LogP contribution in [0.15, 0.2) is 18.2 Å². The van der Waals surface area contributed by atoms with Gasteiger partial charge in [0.2, 0.25) is 0 Å². The molecule has 1 aromatic carbocycles. The minimum Gasteiger partial charge on any atom is -0.493 e. The highest BCUT2D eigenvalue weighted by Gasteiger charge is 2.06. The Kier molecular flexibility index (Phi) is 5.18. The molecule has 4 nitrogen and oxygen atoms in total. The second-order valence-electron chi connectivity index (χ2n) is 3.38. The Balaban J connectivity index is 2.55. The molecule has 3 N–H and O–H groups in total. The lowest BCUT2D eigenvalue weighted by molar-refractivity contribution is 0.0750. The second kappa shape index (κ2) is 6.42. The summed E-state index contributed by atoms with van der Waals surface area (Å²) in [4.78, 5) is 0. The number of hydrogen-bond donors (Lipinski definition) is 3. The predicted molar refractivity (Wildman–Crippen MR) is 55.5 cm³/mol. The first-order chi connectivity index (χ1) is 7.67. The molecule has 0 bridgehead atoms. The molecule has 0 fully saturated rings. The molecular weight excluding hydrogens is 215 g/mol. The average Bonchev–Trinajstić information content (AvgIpc) is 2.29. The van der Waals surface area contributed by atoms with E-state index >= 15 is 0 Å². The molecule has 1 aromatic rings. The van der Waals surface area contributed by atoms with E-state index in [-0.39, 0.29) is 32.0 Å². The summed E-state index contributed by atoms with van der Waals surface area (Å²) in [6, 6.07) is 3.85. The fraction of sp³-hybridized carbons (Fsp3) is 0.455. The van der Waals surface area contributed by atoms with Gasteiger partial charge in [-0.3, -0.25) is 0 Å². The molecule has 90 valence electrons. The van der Waals surface area contributed by atoms with E-state index in [1.165, 1.54) is 18.2 Å². The zero-order valence-corrected chi connectivity index (χ0v) is 8.77. The SMILES string of the molecule is OCc1ccc(F)cc1OCC[C@@H](O)CO. The van der Waals surface area contributed by atoms with Gasteiger partial charge in [0, 0.05) is 18.1 Å². The number of hydrogen-bond acceptors (Lipinski definition) is 4. The molecule has 0 aromatic heterocycles. The van der Waals surface area contributed by atoms with Crippen molar-refractivity contribution in [2.45, 2.75) is 19.1 Å². The summed E-state index contributed by atoms with van der Waals surface area (Å²) in [6.45, 7) is -0.421. The third kappa shape index (κ3) is 3.77. The summed E-state index contributed by atoms with van der Waals surface area (Å²) in [6.07, 6.45) is -0.594. The monoisotopic (exact) mass is 230 g/mol. The minimum absolute atomic E-state index is 0.151. The maximum Gasteiger partial charge on any atom is 0.127 e. The first-order valence-electron chi connectivity index (χ1n) is 4.98. The maximum absolute atomic E-state index is 12.9. The van der Waals surface area contributed by atoms with Crippen LogP contribution in [-0.2, 0) is 6.61 Å². The van der Waals surface area contributed by atoms with Crippen molar-refractivity contribution in [2.24, 2.45) is 0 Å². The molecule has 0 aliphatic rings. The van der Waals surface area contributed by atoms with Crippen LogP contribution >= 0.6 is 0 Å². The summed E-state index contributed by atoms with van der Waals surface area (Å²) in [5.41, 5.74) is 0.486. The molecule has 16 heavy (non-hydrogen) atoms. The van der Waals surface area contributed by atoms with E-state index in [2.05, 4.69) is 0 Å². The van der Waals surface area contributed by atoms with E-state index in [4.69, 9.17) is 20.1 Å². The molecule has 0 radical (unpaired) electrons. The normalized spacial score (nSPS) is 12.5. The lowest BCUT2D eigenvalue weighted by Gasteiger charge is -2.11. The van der Waals surface area contributed by atoms with Crippen molar-refractivity contribution in [1.29, 1.82) is 0 Å². The van der Waals surface area contributed by atoms with Crippen LogP contribution < -0.4 is 4.74 Å². The maximum atomic E-state index is 12.9. The fourth-order valence-electron chi connectivity index (χ4n) is 1.19. The third-order valence-corrected chi connectivity index (χ3v) is 2.12. The fourth-order valence-corrected chi connectivity index (χ4v) is 1.19. The molecule has 0 amide bonds. The lowest BCUT2D eigenvalue weighted by atomic mass is 10.2. The standard InChI is InChI=1S/C11H15FO4/c12-9-2-1-8(6-13)11(5-9)16-4-3-10(15)7-14/h1-2,5,10,13-15H,3-4,6-7H2/t10-/m1/s1. The van der Waals surface area contributed by atoms with E-state index in [1.54, 1.807) is 0 Å². The molecule has 1 atom stereocenters. The van der Waals surface area contributed by atoms with Crippen LogP contribution in [0.5, 0.6) is 5.75 Å². The van der Waals surface area contributed by atoms with Gasteiger partial charge in [0.05, 0.1) is 25.9 Å². The van der Waals surface area contributed by atoms with E-state index < -0.39 is 11.9 Å². The molecule has 0 saturated heterocycles. The van der Waals surface area contributed by atoms with Crippen LogP contribution in [0, 0.1) is 5.82 Å². The summed E-state index contributed by atoms with van der Waals surface area (Å²) < 4.78 is 18.1.